The first kappa shape index (κ1) is 18.3. The van der Waals surface area contributed by atoms with Crippen LogP contribution in [0.5, 0.6) is 11.5 Å². The van der Waals surface area contributed by atoms with Crippen LogP contribution in [0.15, 0.2) is 23.2 Å². The van der Waals surface area contributed by atoms with Gasteiger partial charge in [0.25, 0.3) is 0 Å². The van der Waals surface area contributed by atoms with Crippen LogP contribution < -0.4 is 19.5 Å². The summed E-state index contributed by atoms with van der Waals surface area (Å²) in [5.41, 5.74) is 1.05. The van der Waals surface area contributed by atoms with E-state index in [1.165, 1.54) is 0 Å². The van der Waals surface area contributed by atoms with Crippen LogP contribution in [0.2, 0.25) is 0 Å². The molecule has 0 fully saturated rings. The van der Waals surface area contributed by atoms with Gasteiger partial charge in [-0.05, 0) is 31.5 Å². The van der Waals surface area contributed by atoms with Gasteiger partial charge in [0, 0.05) is 6.54 Å². The highest BCUT2D eigenvalue weighted by Gasteiger charge is 2.20. The van der Waals surface area contributed by atoms with Gasteiger partial charge in [0.15, 0.2) is 11.5 Å². The number of nitrogens with zero attached hydrogens (tertiary/aromatic N) is 2. The molecule has 9 heteroatoms. The van der Waals surface area contributed by atoms with Crippen LogP contribution >= 0.6 is 0 Å². The molecular formula is C15H24N4O4S. The van der Waals surface area contributed by atoms with Crippen molar-refractivity contribution in [3.63, 3.8) is 0 Å². The fourth-order valence-corrected chi connectivity index (χ4v) is 2.77. The standard InChI is InChI=1S/C15H24N4O4S/c1-11(2)24(20,21)18-15-16-9-19(10-17-15)8-12-5-6-13(22-3)14(7-12)23-4/h5-7,11H,8-10H2,1-4H3,(H2,16,17,18). The Hall–Kier alpha value is -2.00. The van der Waals surface area contributed by atoms with E-state index >= 15 is 0 Å². The van der Waals surface area contributed by atoms with Crippen LogP contribution in [0.1, 0.15) is 19.4 Å². The highest BCUT2D eigenvalue weighted by Crippen LogP contribution is 2.28. The topological polar surface area (TPSA) is 92.3 Å². The molecule has 2 rings (SSSR count). The number of benzene rings is 1. The van der Waals surface area contributed by atoms with Crippen molar-refractivity contribution < 1.29 is 17.9 Å². The molecule has 0 atom stereocenters. The second kappa shape index (κ2) is 7.71. The van der Waals surface area contributed by atoms with Crippen molar-refractivity contribution in [3.8, 4) is 11.5 Å². The first-order valence-corrected chi connectivity index (χ1v) is 9.13. The van der Waals surface area contributed by atoms with Crippen LogP contribution in [0, 0.1) is 0 Å². The van der Waals surface area contributed by atoms with Crippen LogP contribution in [0.25, 0.3) is 0 Å². The number of hydrogen-bond donors (Lipinski definition) is 2. The lowest BCUT2D eigenvalue weighted by molar-refractivity contribution is 0.254. The van der Waals surface area contributed by atoms with Crippen LogP contribution in [-0.2, 0) is 16.6 Å². The monoisotopic (exact) mass is 356 g/mol. The van der Waals surface area contributed by atoms with E-state index in [4.69, 9.17) is 9.47 Å². The number of sulfonamides is 1. The zero-order valence-corrected chi connectivity index (χ0v) is 15.2. The van der Waals surface area contributed by atoms with Gasteiger partial charge < -0.3 is 14.8 Å². The van der Waals surface area contributed by atoms with Gasteiger partial charge in [-0.15, -0.1) is 0 Å². The van der Waals surface area contributed by atoms with Crippen molar-refractivity contribution in [2.75, 3.05) is 27.6 Å². The Morgan fingerprint density at radius 2 is 2.00 bits per heavy atom. The molecule has 2 N–H and O–H groups in total. The normalized spacial score (nSPS) is 15.6. The van der Waals surface area contributed by atoms with Crippen molar-refractivity contribution in [1.29, 1.82) is 0 Å². The molecule has 0 saturated heterocycles. The molecule has 24 heavy (non-hydrogen) atoms. The van der Waals surface area contributed by atoms with Gasteiger partial charge in [0.2, 0.25) is 16.0 Å². The second-order valence-corrected chi connectivity index (χ2v) is 7.93. The third kappa shape index (κ3) is 4.51. The average molecular weight is 356 g/mol. The Kier molecular flexibility index (Phi) is 5.89. The smallest absolute Gasteiger partial charge is 0.237 e. The molecule has 134 valence electrons. The van der Waals surface area contributed by atoms with Crippen LogP contribution in [0.3, 0.4) is 0 Å². The summed E-state index contributed by atoms with van der Waals surface area (Å²) in [4.78, 5) is 6.27. The van der Waals surface area contributed by atoms with Crippen molar-refractivity contribution in [1.82, 2.24) is 14.9 Å². The quantitative estimate of drug-likeness (QED) is 0.780. The molecule has 1 aromatic carbocycles. The molecule has 0 unspecified atom stereocenters. The Morgan fingerprint density at radius 3 is 2.54 bits per heavy atom. The lowest BCUT2D eigenvalue weighted by atomic mass is 10.2. The fraction of sp³-hybridized carbons (Fsp3) is 0.533. The molecular weight excluding hydrogens is 332 g/mol. The largest absolute Gasteiger partial charge is 0.493 e. The maximum Gasteiger partial charge on any atom is 0.237 e. The van der Waals surface area contributed by atoms with E-state index in [9.17, 15) is 8.42 Å². The van der Waals surface area contributed by atoms with E-state index in [2.05, 4.69) is 15.0 Å². The zero-order chi connectivity index (χ0) is 17.7. The van der Waals surface area contributed by atoms with E-state index in [1.54, 1.807) is 28.1 Å². The Bertz CT molecular complexity index is 703. The van der Waals surface area contributed by atoms with Crippen molar-refractivity contribution in [2.45, 2.75) is 25.6 Å². The molecule has 1 heterocycles. The molecule has 1 aliphatic heterocycles. The van der Waals surface area contributed by atoms with Crippen molar-refractivity contribution in [2.24, 2.45) is 4.99 Å². The lowest BCUT2D eigenvalue weighted by Crippen LogP contribution is -2.51. The minimum absolute atomic E-state index is 0.285. The number of rotatable bonds is 6. The van der Waals surface area contributed by atoms with Gasteiger partial charge in [-0.2, -0.15) is 0 Å². The Morgan fingerprint density at radius 1 is 1.29 bits per heavy atom. The number of ether oxygens (including phenoxy) is 2. The predicted molar refractivity (Wildman–Crippen MR) is 92.6 cm³/mol. The molecule has 0 bridgehead atoms. The SMILES string of the molecule is COc1ccc(CN2CN=C(NS(=O)(=O)C(C)C)NC2)cc1OC. The van der Waals surface area contributed by atoms with Gasteiger partial charge in [0.1, 0.15) is 0 Å². The van der Waals surface area contributed by atoms with E-state index in [-0.39, 0.29) is 5.96 Å². The molecule has 0 saturated carbocycles. The summed E-state index contributed by atoms with van der Waals surface area (Å²) in [6, 6.07) is 5.73. The first-order chi connectivity index (χ1) is 11.4. The van der Waals surface area contributed by atoms with Gasteiger partial charge >= 0.3 is 0 Å². The maximum absolute atomic E-state index is 11.8. The summed E-state index contributed by atoms with van der Waals surface area (Å²) in [7, 11) is -0.187. The summed E-state index contributed by atoms with van der Waals surface area (Å²) < 4.78 is 36.6. The lowest BCUT2D eigenvalue weighted by Gasteiger charge is -2.27. The summed E-state index contributed by atoms with van der Waals surface area (Å²) in [5.74, 6) is 1.64. The van der Waals surface area contributed by atoms with Crippen LogP contribution in [0.4, 0.5) is 0 Å². The molecule has 1 aromatic rings. The predicted octanol–water partition coefficient (Wildman–Crippen LogP) is 0.708. The van der Waals surface area contributed by atoms with Crippen LogP contribution in [-0.4, -0.2) is 52.1 Å². The molecule has 8 nitrogen and oxygen atoms in total. The number of nitrogens with one attached hydrogen (secondary N) is 2. The van der Waals surface area contributed by atoms with E-state index in [0.717, 1.165) is 5.56 Å². The van der Waals surface area contributed by atoms with Gasteiger partial charge in [0.05, 0.1) is 32.8 Å². The first-order valence-electron chi connectivity index (χ1n) is 7.59. The number of hydrogen-bond acceptors (Lipinski definition) is 7. The average Bonchev–Trinajstić information content (AvgIpc) is 2.56. The fourth-order valence-electron chi connectivity index (χ4n) is 2.13. The second-order valence-electron chi connectivity index (χ2n) is 5.70. The third-order valence-corrected chi connectivity index (χ3v) is 5.33. The van der Waals surface area contributed by atoms with Crippen molar-refractivity contribution in [3.05, 3.63) is 23.8 Å². The van der Waals surface area contributed by atoms with E-state index in [0.29, 0.717) is 31.4 Å². The van der Waals surface area contributed by atoms with Gasteiger partial charge in [-0.3, -0.25) is 9.62 Å². The number of guanidine groups is 1. The molecule has 0 spiro atoms. The number of aliphatic imine (C=N–C) groups is 1. The minimum atomic E-state index is -3.38. The summed E-state index contributed by atoms with van der Waals surface area (Å²) in [6.45, 7) is 4.79. The molecule has 0 aromatic heterocycles. The van der Waals surface area contributed by atoms with Gasteiger partial charge in [-0.25, -0.2) is 13.4 Å². The highest BCUT2D eigenvalue weighted by molar-refractivity contribution is 7.90. The molecule has 0 radical (unpaired) electrons. The summed E-state index contributed by atoms with van der Waals surface area (Å²) in [6.07, 6.45) is 0. The van der Waals surface area contributed by atoms with Gasteiger partial charge in [-0.1, -0.05) is 6.07 Å². The Balaban J connectivity index is 1.98. The minimum Gasteiger partial charge on any atom is -0.493 e. The van der Waals surface area contributed by atoms with E-state index < -0.39 is 15.3 Å². The van der Waals surface area contributed by atoms with E-state index in [1.807, 2.05) is 23.1 Å². The Labute approximate surface area is 142 Å². The molecule has 0 aliphatic carbocycles. The zero-order valence-electron chi connectivity index (χ0n) is 14.4. The van der Waals surface area contributed by atoms with Crippen molar-refractivity contribution >= 4 is 16.0 Å². The maximum atomic E-state index is 11.8. The highest BCUT2D eigenvalue weighted by atomic mass is 32.2. The number of methoxy groups -OCH3 is 2. The summed E-state index contributed by atoms with van der Waals surface area (Å²) >= 11 is 0. The third-order valence-electron chi connectivity index (χ3n) is 3.61. The molecule has 1 aliphatic rings. The molecule has 0 amide bonds. The summed E-state index contributed by atoms with van der Waals surface area (Å²) in [5, 5.41) is 2.47.